The van der Waals surface area contributed by atoms with Crippen LogP contribution in [-0.2, 0) is 0 Å². The Morgan fingerprint density at radius 1 is 0.885 bits per heavy atom. The quantitative estimate of drug-likeness (QED) is 0.406. The Bertz CT molecular complexity index is 1070. The van der Waals surface area contributed by atoms with E-state index in [2.05, 4.69) is 20.6 Å². The fourth-order valence-corrected chi connectivity index (χ4v) is 2.66. The molecule has 2 amide bonds. The lowest BCUT2D eigenvalue weighted by atomic mass is 10.1. The van der Waals surface area contributed by atoms with Crippen molar-refractivity contribution in [1.29, 1.82) is 0 Å². The first-order valence-electron chi connectivity index (χ1n) is 7.92. The molecule has 3 aromatic rings. The van der Waals surface area contributed by atoms with Gasteiger partial charge in [0.2, 0.25) is 0 Å². The molecule has 26 heavy (non-hydrogen) atoms. The van der Waals surface area contributed by atoms with Crippen molar-refractivity contribution in [2.75, 3.05) is 13.1 Å². The highest BCUT2D eigenvalue weighted by Crippen LogP contribution is 2.09. The van der Waals surface area contributed by atoms with Gasteiger partial charge in [-0.15, -0.1) is 0 Å². The number of H-pyrrole nitrogens is 2. The fraction of sp³-hybridized carbons (Fsp3) is 0.111. The van der Waals surface area contributed by atoms with Gasteiger partial charge in [0.05, 0.1) is 10.9 Å². The van der Waals surface area contributed by atoms with Crippen molar-refractivity contribution in [2.24, 2.45) is 0 Å². The molecule has 4 N–H and O–H groups in total. The largest absolute Gasteiger partial charge is 0.350 e. The summed E-state index contributed by atoms with van der Waals surface area (Å²) >= 11 is 4.93. The predicted octanol–water partition coefficient (Wildman–Crippen LogP) is 1.75. The summed E-state index contributed by atoms with van der Waals surface area (Å²) in [5.41, 5.74) is 1.14. The Morgan fingerprint density at radius 3 is 2.23 bits per heavy atom. The van der Waals surface area contributed by atoms with E-state index < -0.39 is 0 Å². The summed E-state index contributed by atoms with van der Waals surface area (Å²) in [4.78, 5) is 41.3. The predicted molar refractivity (Wildman–Crippen MR) is 101 cm³/mol. The number of benzene rings is 2. The van der Waals surface area contributed by atoms with Crippen LogP contribution in [0.4, 0.5) is 0 Å². The van der Waals surface area contributed by atoms with Gasteiger partial charge < -0.3 is 15.6 Å². The van der Waals surface area contributed by atoms with Gasteiger partial charge in [-0.1, -0.05) is 18.2 Å². The number of carbonyl (C=O) groups excluding carboxylic acids is 2. The molecule has 0 fully saturated rings. The first kappa shape index (κ1) is 17.6. The van der Waals surface area contributed by atoms with Crippen molar-refractivity contribution in [3.8, 4) is 0 Å². The Kier molecular flexibility index (Phi) is 5.23. The van der Waals surface area contributed by atoms with Crippen LogP contribution in [0.5, 0.6) is 0 Å². The van der Waals surface area contributed by atoms with Crippen LogP contribution in [0.15, 0.2) is 53.3 Å². The number of amides is 2. The van der Waals surface area contributed by atoms with E-state index in [9.17, 15) is 14.4 Å². The van der Waals surface area contributed by atoms with Crippen LogP contribution in [-0.4, -0.2) is 34.9 Å². The van der Waals surface area contributed by atoms with Crippen LogP contribution in [0, 0.1) is 4.77 Å². The maximum Gasteiger partial charge on any atom is 0.259 e. The number of hydrogen-bond donors (Lipinski definition) is 4. The van der Waals surface area contributed by atoms with Crippen molar-refractivity contribution in [1.82, 2.24) is 20.6 Å². The minimum Gasteiger partial charge on any atom is -0.350 e. The van der Waals surface area contributed by atoms with Gasteiger partial charge in [-0.2, -0.15) is 0 Å². The summed E-state index contributed by atoms with van der Waals surface area (Å²) in [6.07, 6.45) is 0. The second kappa shape index (κ2) is 7.75. The molecule has 8 heteroatoms. The minimum atomic E-state index is -0.306. The highest BCUT2D eigenvalue weighted by atomic mass is 32.1. The third-order valence-electron chi connectivity index (χ3n) is 3.73. The Labute approximate surface area is 153 Å². The molecule has 0 aliphatic rings. The SMILES string of the molecule is O=C(NCCNC(=O)c1ccc2c(=O)[nH]c(=S)[nH]c2c1)c1ccccc1. The number of hydrogen-bond acceptors (Lipinski definition) is 4. The first-order chi connectivity index (χ1) is 12.5. The number of nitrogens with one attached hydrogen (secondary N) is 4. The maximum absolute atomic E-state index is 12.2. The van der Waals surface area contributed by atoms with Gasteiger partial charge in [0.25, 0.3) is 17.4 Å². The van der Waals surface area contributed by atoms with Gasteiger partial charge in [0.1, 0.15) is 0 Å². The van der Waals surface area contributed by atoms with E-state index in [0.29, 0.717) is 28.6 Å². The van der Waals surface area contributed by atoms with Gasteiger partial charge in [0.15, 0.2) is 4.77 Å². The van der Waals surface area contributed by atoms with Crippen LogP contribution in [0.25, 0.3) is 10.9 Å². The third kappa shape index (κ3) is 4.04. The standard InChI is InChI=1S/C18H16N4O3S/c23-15(11-4-2-1-3-5-11)19-8-9-20-16(24)12-6-7-13-14(10-12)21-18(26)22-17(13)25/h1-7,10H,8-9H2,(H,19,23)(H,20,24)(H2,21,22,25,26). The topological polar surface area (TPSA) is 107 Å². The van der Waals surface area contributed by atoms with E-state index in [4.69, 9.17) is 12.2 Å². The van der Waals surface area contributed by atoms with Crippen LogP contribution >= 0.6 is 12.2 Å². The molecule has 0 spiro atoms. The maximum atomic E-state index is 12.2. The number of fused-ring (bicyclic) bond motifs is 1. The van der Waals surface area contributed by atoms with Crippen molar-refractivity contribution in [3.05, 3.63) is 74.8 Å². The molecule has 0 unspecified atom stereocenters. The average molecular weight is 368 g/mol. The van der Waals surface area contributed by atoms with E-state index in [-0.39, 0.29) is 28.7 Å². The highest BCUT2D eigenvalue weighted by Gasteiger charge is 2.08. The van der Waals surface area contributed by atoms with Gasteiger partial charge in [-0.05, 0) is 42.5 Å². The number of carbonyl (C=O) groups is 2. The summed E-state index contributed by atoms with van der Waals surface area (Å²) in [6.45, 7) is 0.579. The number of aromatic nitrogens is 2. The normalized spacial score (nSPS) is 10.5. The molecule has 0 aliphatic heterocycles. The Hall–Kier alpha value is -3.26. The molecule has 1 aromatic heterocycles. The van der Waals surface area contributed by atoms with Crippen LogP contribution < -0.4 is 16.2 Å². The molecule has 0 atom stereocenters. The molecule has 0 saturated heterocycles. The van der Waals surface area contributed by atoms with E-state index >= 15 is 0 Å². The van der Waals surface area contributed by atoms with Crippen molar-refractivity contribution in [3.63, 3.8) is 0 Å². The summed E-state index contributed by atoms with van der Waals surface area (Å²) in [5.74, 6) is -0.502. The molecule has 0 bridgehead atoms. The summed E-state index contributed by atoms with van der Waals surface area (Å²) < 4.78 is 0.198. The summed E-state index contributed by atoms with van der Waals surface area (Å²) in [6, 6.07) is 13.5. The molecule has 7 nitrogen and oxygen atoms in total. The van der Waals surface area contributed by atoms with Gasteiger partial charge in [0, 0.05) is 24.2 Å². The second-order valence-corrected chi connectivity index (χ2v) is 5.95. The molecule has 0 radical (unpaired) electrons. The van der Waals surface area contributed by atoms with E-state index in [1.54, 1.807) is 42.5 Å². The van der Waals surface area contributed by atoms with Crippen molar-refractivity contribution < 1.29 is 9.59 Å². The highest BCUT2D eigenvalue weighted by molar-refractivity contribution is 7.71. The monoisotopic (exact) mass is 368 g/mol. The smallest absolute Gasteiger partial charge is 0.259 e. The summed E-state index contributed by atoms with van der Waals surface area (Å²) in [5, 5.41) is 5.87. The Balaban J connectivity index is 1.58. The van der Waals surface area contributed by atoms with E-state index in [0.717, 1.165) is 0 Å². The first-order valence-corrected chi connectivity index (χ1v) is 8.33. The van der Waals surface area contributed by atoms with Crippen molar-refractivity contribution >= 4 is 34.9 Å². The van der Waals surface area contributed by atoms with E-state index in [1.807, 2.05) is 6.07 Å². The lowest BCUT2D eigenvalue weighted by Gasteiger charge is -2.08. The Morgan fingerprint density at radius 2 is 1.54 bits per heavy atom. The molecule has 3 rings (SSSR count). The second-order valence-electron chi connectivity index (χ2n) is 5.55. The molecular formula is C18H16N4O3S. The number of aromatic amines is 2. The zero-order valence-corrected chi connectivity index (χ0v) is 14.5. The van der Waals surface area contributed by atoms with Crippen LogP contribution in [0.3, 0.4) is 0 Å². The lowest BCUT2D eigenvalue weighted by molar-refractivity contribution is 0.0928. The van der Waals surface area contributed by atoms with Crippen LogP contribution in [0.1, 0.15) is 20.7 Å². The van der Waals surface area contributed by atoms with E-state index in [1.165, 1.54) is 0 Å². The zero-order chi connectivity index (χ0) is 18.5. The van der Waals surface area contributed by atoms with Gasteiger partial charge in [-0.3, -0.25) is 19.4 Å². The molecule has 0 aliphatic carbocycles. The number of rotatable bonds is 5. The fourth-order valence-electron chi connectivity index (χ4n) is 2.46. The third-order valence-corrected chi connectivity index (χ3v) is 3.94. The van der Waals surface area contributed by atoms with Crippen molar-refractivity contribution in [2.45, 2.75) is 0 Å². The zero-order valence-electron chi connectivity index (χ0n) is 13.7. The molecule has 1 heterocycles. The van der Waals surface area contributed by atoms with Crippen LogP contribution in [0.2, 0.25) is 0 Å². The minimum absolute atomic E-state index is 0.197. The molecule has 0 saturated carbocycles. The molecule has 2 aromatic carbocycles. The van der Waals surface area contributed by atoms with Gasteiger partial charge >= 0.3 is 0 Å². The average Bonchev–Trinajstić information content (AvgIpc) is 2.65. The lowest BCUT2D eigenvalue weighted by Crippen LogP contribution is -2.34. The summed E-state index contributed by atoms with van der Waals surface area (Å²) in [7, 11) is 0. The molecule has 132 valence electrons. The van der Waals surface area contributed by atoms with Gasteiger partial charge in [-0.25, -0.2) is 0 Å². The molecular weight excluding hydrogens is 352 g/mol.